The molecule has 136 valence electrons. The number of nitrogens with one attached hydrogen (secondary N) is 1. The molecule has 25 heavy (non-hydrogen) atoms. The van der Waals surface area contributed by atoms with E-state index in [2.05, 4.69) is 12.2 Å². The van der Waals surface area contributed by atoms with E-state index in [1.165, 1.54) is 0 Å². The second kappa shape index (κ2) is 7.87. The minimum Gasteiger partial charge on any atom is -0.343 e. The number of piperidine rings is 1. The second-order valence-corrected chi connectivity index (χ2v) is 6.77. The number of aromatic nitrogens is 2. The predicted molar refractivity (Wildman–Crippen MR) is 99.8 cm³/mol. The lowest BCUT2D eigenvalue weighted by atomic mass is 10.1. The maximum atomic E-state index is 12.7. The molecule has 0 saturated carbocycles. The standard InChI is InChI=1S/C19H28N4O2/c1-3-11-22-16-6-4-5-7-17(16)23(19(22)25)14-10-18(24)21-12-8-15(20-2)9-13-21/h4-7,15,20H,3,8-14H2,1-2H3. The van der Waals surface area contributed by atoms with Crippen molar-refractivity contribution in [2.24, 2.45) is 0 Å². The van der Waals surface area contributed by atoms with Crippen LogP contribution in [0.15, 0.2) is 29.1 Å². The van der Waals surface area contributed by atoms with Crippen LogP contribution in [-0.2, 0) is 17.9 Å². The molecule has 6 nitrogen and oxygen atoms in total. The number of imidazole rings is 1. The van der Waals surface area contributed by atoms with Crippen LogP contribution in [0.4, 0.5) is 0 Å². The molecule has 1 amide bonds. The molecule has 1 fully saturated rings. The molecule has 1 aliphatic rings. The van der Waals surface area contributed by atoms with Gasteiger partial charge in [0.25, 0.3) is 0 Å². The lowest BCUT2D eigenvalue weighted by Gasteiger charge is -2.31. The van der Waals surface area contributed by atoms with Gasteiger partial charge in [-0.2, -0.15) is 0 Å². The number of amides is 1. The molecule has 3 rings (SSSR count). The average molecular weight is 344 g/mol. The molecular formula is C19H28N4O2. The molecule has 0 bridgehead atoms. The van der Waals surface area contributed by atoms with Gasteiger partial charge in [-0.3, -0.25) is 13.9 Å². The molecule has 1 aromatic carbocycles. The Morgan fingerprint density at radius 2 is 1.72 bits per heavy atom. The van der Waals surface area contributed by atoms with E-state index in [1.54, 1.807) is 4.57 Å². The Hall–Kier alpha value is -2.08. The lowest BCUT2D eigenvalue weighted by molar-refractivity contribution is -0.132. The third-order valence-corrected chi connectivity index (χ3v) is 5.18. The highest BCUT2D eigenvalue weighted by Crippen LogP contribution is 2.15. The van der Waals surface area contributed by atoms with Gasteiger partial charge in [-0.15, -0.1) is 0 Å². The quantitative estimate of drug-likeness (QED) is 0.869. The molecular weight excluding hydrogens is 316 g/mol. The van der Waals surface area contributed by atoms with Crippen molar-refractivity contribution < 1.29 is 4.79 Å². The molecule has 0 spiro atoms. The van der Waals surface area contributed by atoms with E-state index in [0.29, 0.717) is 25.6 Å². The topological polar surface area (TPSA) is 59.3 Å². The SMILES string of the molecule is CCCn1c(=O)n(CCC(=O)N2CCC(NC)CC2)c2ccccc21. The largest absolute Gasteiger partial charge is 0.343 e. The molecule has 6 heteroatoms. The van der Waals surface area contributed by atoms with Crippen LogP contribution >= 0.6 is 0 Å². The smallest absolute Gasteiger partial charge is 0.329 e. The fourth-order valence-corrected chi connectivity index (χ4v) is 3.71. The first-order valence-corrected chi connectivity index (χ1v) is 9.28. The van der Waals surface area contributed by atoms with Gasteiger partial charge in [-0.05, 0) is 38.4 Å². The van der Waals surface area contributed by atoms with E-state index >= 15 is 0 Å². The molecule has 0 aliphatic carbocycles. The monoisotopic (exact) mass is 344 g/mol. The van der Waals surface area contributed by atoms with Crippen molar-refractivity contribution in [3.05, 3.63) is 34.7 Å². The van der Waals surface area contributed by atoms with Crippen molar-refractivity contribution in [2.45, 2.75) is 51.7 Å². The van der Waals surface area contributed by atoms with Crippen LogP contribution in [0.25, 0.3) is 11.0 Å². The van der Waals surface area contributed by atoms with Gasteiger partial charge < -0.3 is 10.2 Å². The van der Waals surface area contributed by atoms with Crippen molar-refractivity contribution in [3.63, 3.8) is 0 Å². The Labute approximate surface area is 148 Å². The average Bonchev–Trinajstić information content (AvgIpc) is 2.92. The Bertz CT molecular complexity index is 784. The van der Waals surface area contributed by atoms with Gasteiger partial charge in [0.1, 0.15) is 0 Å². The van der Waals surface area contributed by atoms with Crippen molar-refractivity contribution >= 4 is 16.9 Å². The number of hydrogen-bond donors (Lipinski definition) is 1. The van der Waals surface area contributed by atoms with Crippen LogP contribution in [-0.4, -0.2) is 46.1 Å². The van der Waals surface area contributed by atoms with Crippen molar-refractivity contribution in [1.29, 1.82) is 0 Å². The predicted octanol–water partition coefficient (Wildman–Crippen LogP) is 1.81. The summed E-state index contributed by atoms with van der Waals surface area (Å²) < 4.78 is 3.57. The van der Waals surface area contributed by atoms with E-state index in [-0.39, 0.29) is 11.6 Å². The molecule has 1 aromatic heterocycles. The summed E-state index contributed by atoms with van der Waals surface area (Å²) in [5.41, 5.74) is 1.86. The Morgan fingerprint density at radius 3 is 2.28 bits per heavy atom. The Balaban J connectivity index is 1.72. The summed E-state index contributed by atoms with van der Waals surface area (Å²) in [6, 6.07) is 8.35. The summed E-state index contributed by atoms with van der Waals surface area (Å²) in [4.78, 5) is 27.2. The van der Waals surface area contributed by atoms with Gasteiger partial charge >= 0.3 is 5.69 Å². The van der Waals surface area contributed by atoms with E-state index in [1.807, 2.05) is 40.8 Å². The zero-order chi connectivity index (χ0) is 17.8. The van der Waals surface area contributed by atoms with Gasteiger partial charge in [0.05, 0.1) is 11.0 Å². The van der Waals surface area contributed by atoms with Crippen LogP contribution in [0.5, 0.6) is 0 Å². The van der Waals surface area contributed by atoms with Crippen molar-refractivity contribution in [2.75, 3.05) is 20.1 Å². The third kappa shape index (κ3) is 3.63. The summed E-state index contributed by atoms with van der Waals surface area (Å²) in [6.07, 6.45) is 3.29. The van der Waals surface area contributed by atoms with Gasteiger partial charge in [0.15, 0.2) is 0 Å². The summed E-state index contributed by atoms with van der Waals surface area (Å²) in [5.74, 6) is 0.147. The van der Waals surface area contributed by atoms with Crippen LogP contribution in [0.1, 0.15) is 32.6 Å². The molecule has 1 aliphatic heterocycles. The number of rotatable bonds is 6. The number of likely N-dealkylation sites (tertiary alicyclic amines) is 1. The summed E-state index contributed by atoms with van der Waals surface area (Å²) in [5, 5.41) is 3.28. The molecule has 2 aromatic rings. The molecule has 0 atom stereocenters. The van der Waals surface area contributed by atoms with E-state index in [0.717, 1.165) is 43.4 Å². The first-order chi connectivity index (χ1) is 12.2. The van der Waals surface area contributed by atoms with Gasteiger partial charge in [0, 0.05) is 38.6 Å². The Morgan fingerprint density at radius 1 is 1.12 bits per heavy atom. The number of aryl methyl sites for hydroxylation is 2. The van der Waals surface area contributed by atoms with E-state index < -0.39 is 0 Å². The number of benzene rings is 1. The minimum absolute atomic E-state index is 0.00950. The number of para-hydroxylation sites is 2. The minimum atomic E-state index is -0.00950. The number of carbonyl (C=O) groups excluding carboxylic acids is 1. The van der Waals surface area contributed by atoms with E-state index in [9.17, 15) is 9.59 Å². The fraction of sp³-hybridized carbons (Fsp3) is 0.579. The highest BCUT2D eigenvalue weighted by molar-refractivity contribution is 5.78. The van der Waals surface area contributed by atoms with Crippen LogP contribution in [0.2, 0.25) is 0 Å². The molecule has 0 radical (unpaired) electrons. The molecule has 1 N–H and O–H groups in total. The highest BCUT2D eigenvalue weighted by Gasteiger charge is 2.22. The van der Waals surface area contributed by atoms with Gasteiger partial charge in [0.2, 0.25) is 5.91 Å². The summed E-state index contributed by atoms with van der Waals surface area (Å²) in [6.45, 7) is 4.82. The fourth-order valence-electron chi connectivity index (χ4n) is 3.71. The van der Waals surface area contributed by atoms with E-state index in [4.69, 9.17) is 0 Å². The lowest BCUT2D eigenvalue weighted by Crippen LogP contribution is -2.44. The van der Waals surface area contributed by atoms with Crippen molar-refractivity contribution in [1.82, 2.24) is 19.4 Å². The third-order valence-electron chi connectivity index (χ3n) is 5.18. The summed E-state index contributed by atoms with van der Waals surface area (Å²) in [7, 11) is 1.97. The molecule has 1 saturated heterocycles. The highest BCUT2D eigenvalue weighted by atomic mass is 16.2. The first kappa shape index (κ1) is 17.7. The maximum Gasteiger partial charge on any atom is 0.329 e. The zero-order valence-corrected chi connectivity index (χ0v) is 15.2. The van der Waals surface area contributed by atoms with Crippen LogP contribution in [0.3, 0.4) is 0 Å². The Kier molecular flexibility index (Phi) is 5.58. The number of carbonyl (C=O) groups is 1. The number of hydrogen-bond acceptors (Lipinski definition) is 3. The first-order valence-electron chi connectivity index (χ1n) is 9.28. The van der Waals surface area contributed by atoms with Crippen molar-refractivity contribution in [3.8, 4) is 0 Å². The van der Waals surface area contributed by atoms with Crippen LogP contribution < -0.4 is 11.0 Å². The number of nitrogens with zero attached hydrogens (tertiary/aromatic N) is 3. The van der Waals surface area contributed by atoms with Gasteiger partial charge in [-0.1, -0.05) is 19.1 Å². The normalized spacial score (nSPS) is 15.8. The number of fused-ring (bicyclic) bond motifs is 1. The maximum absolute atomic E-state index is 12.7. The zero-order valence-electron chi connectivity index (χ0n) is 15.2. The molecule has 0 unspecified atom stereocenters. The molecule has 2 heterocycles. The second-order valence-electron chi connectivity index (χ2n) is 6.77. The van der Waals surface area contributed by atoms with Crippen LogP contribution in [0, 0.1) is 0 Å². The van der Waals surface area contributed by atoms with Gasteiger partial charge in [-0.25, -0.2) is 4.79 Å². The summed E-state index contributed by atoms with van der Waals surface area (Å²) >= 11 is 0.